The fourth-order valence-corrected chi connectivity index (χ4v) is 4.59. The molecule has 0 unspecified atom stereocenters. The highest BCUT2D eigenvalue weighted by Gasteiger charge is 2.66. The number of ether oxygens (including phenoxy) is 4. The first-order chi connectivity index (χ1) is 14.1. The van der Waals surface area contributed by atoms with Crippen molar-refractivity contribution in [2.45, 2.75) is 18.6 Å². The Kier molecular flexibility index (Phi) is 4.06. The van der Waals surface area contributed by atoms with Gasteiger partial charge in [0.15, 0.2) is 0 Å². The van der Waals surface area contributed by atoms with Crippen molar-refractivity contribution in [3.63, 3.8) is 0 Å². The van der Waals surface area contributed by atoms with E-state index >= 15 is 0 Å². The summed E-state index contributed by atoms with van der Waals surface area (Å²) in [5.74, 6) is 1.60. The second-order valence-corrected chi connectivity index (χ2v) is 7.84. The molecule has 1 aliphatic carbocycles. The average molecular weight is 392 g/mol. The van der Waals surface area contributed by atoms with E-state index < -0.39 is 5.54 Å². The summed E-state index contributed by atoms with van der Waals surface area (Å²) in [4.78, 5) is 4.82. The third kappa shape index (κ3) is 2.55. The third-order valence-corrected chi connectivity index (χ3v) is 6.41. The van der Waals surface area contributed by atoms with Crippen LogP contribution in [0.4, 0.5) is 0 Å². The van der Waals surface area contributed by atoms with Crippen molar-refractivity contribution in [2.75, 3.05) is 26.9 Å². The van der Waals surface area contributed by atoms with Gasteiger partial charge >= 0.3 is 0 Å². The highest BCUT2D eigenvalue weighted by molar-refractivity contribution is 5.79. The molecule has 6 nitrogen and oxygen atoms in total. The largest absolute Gasteiger partial charge is 0.497 e. The first-order valence-corrected chi connectivity index (χ1v) is 9.76. The van der Waals surface area contributed by atoms with E-state index in [-0.39, 0.29) is 17.5 Å². The zero-order valence-electron chi connectivity index (χ0n) is 16.6. The molecule has 1 saturated heterocycles. The molecule has 0 radical (unpaired) electrons. The Balaban J connectivity index is 1.66. The van der Waals surface area contributed by atoms with Gasteiger partial charge in [-0.05, 0) is 42.3 Å². The minimum atomic E-state index is -0.607. The Hall–Kier alpha value is -2.99. The summed E-state index contributed by atoms with van der Waals surface area (Å²) in [6.07, 6.45) is 11.9. The summed E-state index contributed by atoms with van der Waals surface area (Å²) in [7, 11) is 1.67. The molecule has 3 aliphatic heterocycles. The predicted molar refractivity (Wildman–Crippen MR) is 110 cm³/mol. The van der Waals surface area contributed by atoms with E-state index in [1.165, 1.54) is 0 Å². The van der Waals surface area contributed by atoms with Crippen molar-refractivity contribution < 1.29 is 18.9 Å². The Morgan fingerprint density at radius 2 is 2.03 bits per heavy atom. The van der Waals surface area contributed by atoms with Crippen LogP contribution in [0.2, 0.25) is 0 Å². The van der Waals surface area contributed by atoms with Crippen molar-refractivity contribution in [2.24, 2.45) is 16.1 Å². The lowest BCUT2D eigenvalue weighted by Gasteiger charge is -2.56. The lowest BCUT2D eigenvalue weighted by Crippen LogP contribution is -2.66. The summed E-state index contributed by atoms with van der Waals surface area (Å²) in [6.45, 7) is 3.62. The molecule has 1 fully saturated rings. The lowest BCUT2D eigenvalue weighted by molar-refractivity contribution is -0.211. The number of amidine groups is 1. The maximum Gasteiger partial charge on any atom is 0.283 e. The lowest BCUT2D eigenvalue weighted by atomic mass is 9.60. The molecule has 0 aromatic heterocycles. The van der Waals surface area contributed by atoms with Gasteiger partial charge in [-0.3, -0.25) is 0 Å². The molecule has 4 aliphatic rings. The standard InChI is InChI=1S/C23H24N2O4/c1-15-22(12-27-13-22)23(14-28-21(24)25-23)19-11-17(8-9-20(19)29-15)16-6-4-3-5-7-18(10-16)26-2/h3-11,15H,12-14H2,1-2H3,(H2,24,25)/b4-3+,5-3?,6-4?,7-5+,16-6+,16-10?,18-7?,18-10+/t15-,23+/m1/s1. The van der Waals surface area contributed by atoms with Gasteiger partial charge in [0, 0.05) is 5.56 Å². The molecule has 1 aromatic rings. The van der Waals surface area contributed by atoms with Crippen LogP contribution in [-0.4, -0.2) is 39.1 Å². The van der Waals surface area contributed by atoms with Gasteiger partial charge < -0.3 is 24.7 Å². The molecule has 5 rings (SSSR count). The molecule has 29 heavy (non-hydrogen) atoms. The normalized spacial score (nSPS) is 34.7. The molecule has 0 saturated carbocycles. The molecular formula is C23H24N2O4. The molecule has 1 aromatic carbocycles. The summed E-state index contributed by atoms with van der Waals surface area (Å²) in [5, 5.41) is 0. The number of fused-ring (bicyclic) bond motifs is 3. The maximum absolute atomic E-state index is 6.31. The van der Waals surface area contributed by atoms with Crippen LogP contribution in [0.1, 0.15) is 18.1 Å². The quantitative estimate of drug-likeness (QED) is 0.837. The van der Waals surface area contributed by atoms with Gasteiger partial charge in [-0.1, -0.05) is 30.4 Å². The van der Waals surface area contributed by atoms with Crippen LogP contribution < -0.4 is 10.5 Å². The molecule has 0 amide bonds. The van der Waals surface area contributed by atoms with Gasteiger partial charge in [-0.15, -0.1) is 0 Å². The number of rotatable bonds is 2. The molecule has 3 heterocycles. The van der Waals surface area contributed by atoms with Crippen molar-refractivity contribution in [1.82, 2.24) is 0 Å². The second-order valence-electron chi connectivity index (χ2n) is 7.84. The molecular weight excluding hydrogens is 368 g/mol. The summed E-state index contributed by atoms with van der Waals surface area (Å²) in [6, 6.07) is 6.44. The molecule has 0 bridgehead atoms. The van der Waals surface area contributed by atoms with Gasteiger partial charge in [0.25, 0.3) is 6.02 Å². The van der Waals surface area contributed by atoms with Gasteiger partial charge in [-0.25, -0.2) is 4.99 Å². The van der Waals surface area contributed by atoms with Crippen LogP contribution in [0.5, 0.6) is 5.75 Å². The minimum absolute atomic E-state index is 0.0541. The number of hydrogen-bond donors (Lipinski definition) is 1. The van der Waals surface area contributed by atoms with E-state index in [4.69, 9.17) is 29.7 Å². The van der Waals surface area contributed by atoms with Crippen molar-refractivity contribution in [1.29, 1.82) is 0 Å². The van der Waals surface area contributed by atoms with Gasteiger partial charge in [0.05, 0.1) is 25.7 Å². The van der Waals surface area contributed by atoms with Crippen molar-refractivity contribution in [3.8, 4) is 5.75 Å². The Morgan fingerprint density at radius 1 is 1.17 bits per heavy atom. The number of methoxy groups -OCH3 is 1. The van der Waals surface area contributed by atoms with Crippen LogP contribution in [0.15, 0.2) is 65.4 Å². The zero-order chi connectivity index (χ0) is 20.1. The van der Waals surface area contributed by atoms with Gasteiger partial charge in [0.1, 0.15) is 29.8 Å². The van der Waals surface area contributed by atoms with Crippen LogP contribution in [0.25, 0.3) is 5.57 Å². The van der Waals surface area contributed by atoms with Gasteiger partial charge in [-0.2, -0.15) is 0 Å². The predicted octanol–water partition coefficient (Wildman–Crippen LogP) is 3.06. The topological polar surface area (TPSA) is 75.3 Å². The van der Waals surface area contributed by atoms with Crippen LogP contribution in [0.3, 0.4) is 0 Å². The maximum atomic E-state index is 6.31. The van der Waals surface area contributed by atoms with E-state index in [0.29, 0.717) is 19.8 Å². The number of allylic oxidation sites excluding steroid dienone is 7. The number of aliphatic imine (C=N–C) groups is 1. The third-order valence-electron chi connectivity index (χ3n) is 6.41. The Morgan fingerprint density at radius 3 is 2.72 bits per heavy atom. The van der Waals surface area contributed by atoms with E-state index in [0.717, 1.165) is 28.2 Å². The molecule has 6 heteroatoms. The van der Waals surface area contributed by atoms with E-state index in [2.05, 4.69) is 25.1 Å². The average Bonchev–Trinajstić information content (AvgIpc) is 3.03. The van der Waals surface area contributed by atoms with Crippen LogP contribution in [-0.2, 0) is 19.7 Å². The number of nitrogens with two attached hydrogens (primary N) is 1. The number of nitrogens with zero attached hydrogens (tertiary/aromatic N) is 1. The molecule has 150 valence electrons. The van der Waals surface area contributed by atoms with E-state index in [1.54, 1.807) is 7.11 Å². The molecule has 2 N–H and O–H groups in total. The Bertz CT molecular complexity index is 1000. The summed E-state index contributed by atoms with van der Waals surface area (Å²) >= 11 is 0. The number of hydrogen-bond acceptors (Lipinski definition) is 6. The highest BCUT2D eigenvalue weighted by Crippen LogP contribution is 2.58. The number of benzene rings is 1. The first kappa shape index (κ1) is 18.1. The smallest absolute Gasteiger partial charge is 0.283 e. The van der Waals surface area contributed by atoms with Crippen molar-refractivity contribution >= 4 is 11.6 Å². The van der Waals surface area contributed by atoms with E-state index in [1.807, 2.05) is 36.4 Å². The fraction of sp³-hybridized carbons (Fsp3) is 0.348. The van der Waals surface area contributed by atoms with Crippen LogP contribution in [0, 0.1) is 5.41 Å². The van der Waals surface area contributed by atoms with Crippen LogP contribution >= 0.6 is 0 Å². The zero-order valence-corrected chi connectivity index (χ0v) is 16.6. The summed E-state index contributed by atoms with van der Waals surface area (Å²) in [5.41, 5.74) is 8.17. The summed E-state index contributed by atoms with van der Waals surface area (Å²) < 4.78 is 23.1. The van der Waals surface area contributed by atoms with E-state index in [9.17, 15) is 0 Å². The fourth-order valence-electron chi connectivity index (χ4n) is 4.59. The minimum Gasteiger partial charge on any atom is -0.497 e. The highest BCUT2D eigenvalue weighted by atomic mass is 16.5. The van der Waals surface area contributed by atoms with Crippen molar-refractivity contribution in [3.05, 3.63) is 71.5 Å². The first-order valence-electron chi connectivity index (χ1n) is 9.76. The molecule has 2 spiro atoms. The second kappa shape index (κ2) is 6.52. The molecule has 2 atom stereocenters. The SMILES string of the molecule is COC1=C/C(c2ccc3c(c2)[C@@]2(COC(N)=N2)C2(COC2)[C@@H](C)O3)=C\C=C\C=C\1. The Labute approximate surface area is 170 Å². The monoisotopic (exact) mass is 392 g/mol. The van der Waals surface area contributed by atoms with Gasteiger partial charge in [0.2, 0.25) is 0 Å².